The molecular weight excluding hydrogens is 290 g/mol. The molecule has 3 rings (SSSR count). The molecule has 112 valence electrons. The molecule has 3 heterocycles. The minimum atomic E-state index is -0.213. The molecule has 0 bridgehead atoms. The Morgan fingerprint density at radius 3 is 2.57 bits per heavy atom. The molecule has 7 heteroatoms. The summed E-state index contributed by atoms with van der Waals surface area (Å²) in [6.45, 7) is 7.77. The molecule has 0 aliphatic rings. The molecule has 0 aromatic carbocycles. The Hall–Kier alpha value is -1.82. The number of oxazole rings is 1. The third-order valence-corrected chi connectivity index (χ3v) is 3.80. The number of rotatable bonds is 3. The third-order valence-electron chi connectivity index (χ3n) is 3.60. The first-order chi connectivity index (χ1) is 9.90. The number of aryl methyl sites for hydroxylation is 3. The second-order valence-corrected chi connectivity index (χ2v) is 5.98. The zero-order valence-corrected chi connectivity index (χ0v) is 13.5. The summed E-state index contributed by atoms with van der Waals surface area (Å²) in [6, 6.07) is -0.102. The quantitative estimate of drug-likeness (QED) is 0.697. The van der Waals surface area contributed by atoms with Gasteiger partial charge in [-0.2, -0.15) is 5.10 Å². The highest BCUT2D eigenvalue weighted by Gasteiger charge is 2.26. The number of nitrogens with zero attached hydrogens (tertiary/aromatic N) is 5. The summed E-state index contributed by atoms with van der Waals surface area (Å²) in [5.41, 5.74) is 2.69. The molecule has 3 aromatic heterocycles. The van der Waals surface area contributed by atoms with Gasteiger partial charge in [0.05, 0.1) is 17.3 Å². The molecule has 21 heavy (non-hydrogen) atoms. The van der Waals surface area contributed by atoms with Crippen LogP contribution in [0.5, 0.6) is 0 Å². The number of hydrogen-bond acceptors (Lipinski definition) is 4. The molecule has 6 nitrogen and oxygen atoms in total. The van der Waals surface area contributed by atoms with Gasteiger partial charge in [-0.15, -0.1) is 11.6 Å². The minimum Gasteiger partial charge on any atom is -0.444 e. The van der Waals surface area contributed by atoms with E-state index >= 15 is 0 Å². The van der Waals surface area contributed by atoms with E-state index in [1.165, 1.54) is 0 Å². The van der Waals surface area contributed by atoms with Gasteiger partial charge in [-0.25, -0.2) is 9.97 Å². The minimum absolute atomic E-state index is 0.102. The van der Waals surface area contributed by atoms with Crippen LogP contribution in [0.3, 0.4) is 0 Å². The van der Waals surface area contributed by atoms with Crippen molar-refractivity contribution in [2.75, 3.05) is 0 Å². The first-order valence-corrected chi connectivity index (χ1v) is 7.31. The summed E-state index contributed by atoms with van der Waals surface area (Å²) >= 11 is 6.31. The fourth-order valence-corrected chi connectivity index (χ4v) is 2.80. The summed E-state index contributed by atoms with van der Waals surface area (Å²) in [4.78, 5) is 8.99. The Labute approximate surface area is 127 Å². The van der Waals surface area contributed by atoms with Crippen molar-refractivity contribution in [1.29, 1.82) is 0 Å². The summed E-state index contributed by atoms with van der Waals surface area (Å²) in [5, 5.41) is 4.22. The average Bonchev–Trinajstić information content (AvgIpc) is 3.06. The van der Waals surface area contributed by atoms with Crippen LogP contribution in [0.25, 0.3) is 11.2 Å². The molecule has 0 saturated carbocycles. The Kier molecular flexibility index (Phi) is 3.28. The SMILES string of the molecule is Cc1cnc(C(C)n2c(C(C)Cl)nc3c(C)nn(C)c32)o1. The van der Waals surface area contributed by atoms with Crippen LogP contribution in [0.4, 0.5) is 0 Å². The van der Waals surface area contributed by atoms with Crippen LogP contribution in [0.15, 0.2) is 10.6 Å². The normalized spacial score (nSPS) is 14.8. The molecule has 0 saturated heterocycles. The van der Waals surface area contributed by atoms with Crippen molar-refractivity contribution < 1.29 is 4.42 Å². The van der Waals surface area contributed by atoms with E-state index in [4.69, 9.17) is 16.0 Å². The second kappa shape index (κ2) is 4.87. The largest absolute Gasteiger partial charge is 0.444 e. The van der Waals surface area contributed by atoms with Gasteiger partial charge in [0.2, 0.25) is 5.89 Å². The Morgan fingerprint density at radius 2 is 2.00 bits per heavy atom. The van der Waals surface area contributed by atoms with Crippen LogP contribution in [0.1, 0.15) is 48.4 Å². The van der Waals surface area contributed by atoms with Gasteiger partial charge in [-0.3, -0.25) is 9.25 Å². The van der Waals surface area contributed by atoms with Gasteiger partial charge in [0.1, 0.15) is 23.1 Å². The van der Waals surface area contributed by atoms with Gasteiger partial charge in [0, 0.05) is 7.05 Å². The first kappa shape index (κ1) is 14.1. The summed E-state index contributed by atoms with van der Waals surface area (Å²) in [7, 11) is 1.91. The van der Waals surface area contributed by atoms with E-state index < -0.39 is 0 Å². The molecule has 0 aliphatic carbocycles. The van der Waals surface area contributed by atoms with E-state index in [-0.39, 0.29) is 11.4 Å². The lowest BCUT2D eigenvalue weighted by molar-refractivity contribution is 0.411. The fraction of sp³-hybridized carbons (Fsp3) is 0.500. The van der Waals surface area contributed by atoms with E-state index in [0.29, 0.717) is 5.89 Å². The van der Waals surface area contributed by atoms with Crippen molar-refractivity contribution >= 4 is 22.8 Å². The van der Waals surface area contributed by atoms with Gasteiger partial charge in [0.25, 0.3) is 0 Å². The van der Waals surface area contributed by atoms with Crippen LogP contribution in [0.2, 0.25) is 0 Å². The monoisotopic (exact) mass is 307 g/mol. The molecule has 2 unspecified atom stereocenters. The Bertz CT molecular complexity index is 798. The zero-order valence-electron chi connectivity index (χ0n) is 12.8. The number of fused-ring (bicyclic) bond motifs is 1. The van der Waals surface area contributed by atoms with Gasteiger partial charge < -0.3 is 4.42 Å². The number of alkyl halides is 1. The highest BCUT2D eigenvalue weighted by Crippen LogP contribution is 2.31. The molecule has 3 aromatic rings. The molecule has 2 atom stereocenters. The van der Waals surface area contributed by atoms with Crippen molar-refractivity contribution in [2.24, 2.45) is 7.05 Å². The van der Waals surface area contributed by atoms with Gasteiger partial charge in [0.15, 0.2) is 5.65 Å². The molecule has 0 spiro atoms. The van der Waals surface area contributed by atoms with E-state index in [1.54, 1.807) is 6.20 Å². The molecule has 0 fully saturated rings. The lowest BCUT2D eigenvalue weighted by atomic mass is 10.3. The van der Waals surface area contributed by atoms with Crippen LogP contribution in [-0.2, 0) is 7.05 Å². The van der Waals surface area contributed by atoms with Crippen molar-refractivity contribution in [2.45, 2.75) is 39.1 Å². The summed E-state index contributed by atoms with van der Waals surface area (Å²) in [6.07, 6.45) is 1.72. The van der Waals surface area contributed by atoms with Crippen molar-refractivity contribution in [3.8, 4) is 0 Å². The lowest BCUT2D eigenvalue weighted by Gasteiger charge is -2.16. The van der Waals surface area contributed by atoms with E-state index in [9.17, 15) is 0 Å². The first-order valence-electron chi connectivity index (χ1n) is 6.88. The van der Waals surface area contributed by atoms with Crippen LogP contribution in [0, 0.1) is 13.8 Å². The lowest BCUT2D eigenvalue weighted by Crippen LogP contribution is -2.14. The second-order valence-electron chi connectivity index (χ2n) is 5.32. The van der Waals surface area contributed by atoms with E-state index in [1.807, 2.05) is 39.4 Å². The maximum Gasteiger partial charge on any atom is 0.217 e. The van der Waals surface area contributed by atoms with Crippen LogP contribution in [-0.4, -0.2) is 24.3 Å². The fourth-order valence-electron chi connectivity index (χ4n) is 2.65. The number of aromatic nitrogens is 5. The predicted octanol–water partition coefficient (Wildman–Crippen LogP) is 3.28. The molecule has 0 radical (unpaired) electrons. The Balaban J connectivity index is 2.26. The number of imidazole rings is 1. The third kappa shape index (κ3) is 2.14. The van der Waals surface area contributed by atoms with E-state index in [2.05, 4.69) is 19.6 Å². The number of hydrogen-bond donors (Lipinski definition) is 0. The highest BCUT2D eigenvalue weighted by atomic mass is 35.5. The molecular formula is C14H18ClN5O. The van der Waals surface area contributed by atoms with Gasteiger partial charge >= 0.3 is 0 Å². The smallest absolute Gasteiger partial charge is 0.217 e. The van der Waals surface area contributed by atoms with Crippen molar-refractivity contribution in [3.63, 3.8) is 0 Å². The topological polar surface area (TPSA) is 61.7 Å². The Morgan fingerprint density at radius 1 is 1.29 bits per heavy atom. The molecule has 0 aliphatic heterocycles. The molecule has 0 N–H and O–H groups in total. The average molecular weight is 308 g/mol. The standard InChI is InChI=1S/C14H18ClN5O/c1-7-6-16-13(21-7)10(4)20-12(8(2)15)17-11-9(3)18-19(5)14(11)20/h6,8,10H,1-5H3. The predicted molar refractivity (Wildman–Crippen MR) is 80.6 cm³/mol. The molecule has 0 amide bonds. The van der Waals surface area contributed by atoms with Crippen LogP contribution < -0.4 is 0 Å². The van der Waals surface area contributed by atoms with Gasteiger partial charge in [-0.1, -0.05) is 0 Å². The van der Waals surface area contributed by atoms with Gasteiger partial charge in [-0.05, 0) is 27.7 Å². The zero-order chi connectivity index (χ0) is 15.3. The maximum atomic E-state index is 6.31. The summed E-state index contributed by atoms with van der Waals surface area (Å²) in [5.74, 6) is 2.23. The highest BCUT2D eigenvalue weighted by molar-refractivity contribution is 6.20. The van der Waals surface area contributed by atoms with Crippen LogP contribution >= 0.6 is 11.6 Å². The maximum absolute atomic E-state index is 6.31. The number of halogens is 1. The summed E-state index contributed by atoms with van der Waals surface area (Å²) < 4.78 is 9.55. The van der Waals surface area contributed by atoms with E-state index in [0.717, 1.165) is 28.4 Å². The van der Waals surface area contributed by atoms with Crippen molar-refractivity contribution in [1.82, 2.24) is 24.3 Å². The van der Waals surface area contributed by atoms with Crippen molar-refractivity contribution in [3.05, 3.63) is 29.4 Å².